The van der Waals surface area contributed by atoms with Gasteiger partial charge in [-0.1, -0.05) is 29.5 Å². The molecule has 28 nitrogen and oxygen atoms in total. The molecular formula is C47H49N7O21S6. The van der Waals surface area contributed by atoms with Crippen molar-refractivity contribution in [1.82, 2.24) is 4.98 Å². The summed E-state index contributed by atoms with van der Waals surface area (Å²) in [6.45, 7) is 2.62. The quantitative estimate of drug-likeness (QED) is 0.0141. The number of carbonyl (C=O) groups is 1. The predicted octanol–water partition coefficient (Wildman–Crippen LogP) is 8.02. The van der Waals surface area contributed by atoms with E-state index in [1.807, 2.05) is 0 Å². The summed E-state index contributed by atoms with van der Waals surface area (Å²) in [5.41, 5.74) is 0.289. The van der Waals surface area contributed by atoms with Crippen LogP contribution >= 0.6 is 11.3 Å². The van der Waals surface area contributed by atoms with Gasteiger partial charge in [0.05, 0.1) is 79.5 Å². The lowest BCUT2D eigenvalue weighted by Gasteiger charge is -2.15. The summed E-state index contributed by atoms with van der Waals surface area (Å²) >= 11 is 1.21. The number of hydrogen-bond acceptors (Lipinski definition) is 27. The predicted molar refractivity (Wildman–Crippen MR) is 292 cm³/mol. The van der Waals surface area contributed by atoms with Crippen LogP contribution in [0.25, 0.3) is 26.6 Å². The highest BCUT2D eigenvalue weighted by atomic mass is 32.2. The number of hydrogen-bond donors (Lipinski definition) is 5. The van der Waals surface area contributed by atoms with Gasteiger partial charge in [0.2, 0.25) is 5.13 Å². The largest absolute Gasteiger partial charge is 0.509 e. The summed E-state index contributed by atoms with van der Waals surface area (Å²) in [5.74, 6) is -4.32. The Bertz CT molecular complexity index is 4170. The van der Waals surface area contributed by atoms with Crippen LogP contribution in [0.1, 0.15) is 35.6 Å². The van der Waals surface area contributed by atoms with Gasteiger partial charge in [-0.15, -0.1) is 20.5 Å². The van der Waals surface area contributed by atoms with Crippen molar-refractivity contribution in [1.29, 1.82) is 0 Å². The number of ether oxygens (including phenoxy) is 2. The fourth-order valence-corrected chi connectivity index (χ4v) is 11.1. The zero-order chi connectivity index (χ0) is 59.8. The van der Waals surface area contributed by atoms with Crippen molar-refractivity contribution in [3.8, 4) is 11.5 Å². The molecule has 434 valence electrons. The first-order chi connectivity index (χ1) is 38.0. The van der Waals surface area contributed by atoms with Gasteiger partial charge in [0.25, 0.3) is 50.6 Å². The van der Waals surface area contributed by atoms with E-state index < -0.39 is 113 Å². The summed E-state index contributed by atoms with van der Waals surface area (Å²) in [5, 5.41) is 57.5. The van der Waals surface area contributed by atoms with Crippen molar-refractivity contribution >= 4 is 122 Å². The molecule has 1 heterocycles. The number of phenols is 1. The molecule has 1 aromatic heterocycles. The van der Waals surface area contributed by atoms with Crippen molar-refractivity contribution in [2.75, 3.05) is 46.6 Å². The number of methoxy groups -OCH3 is 1. The van der Waals surface area contributed by atoms with E-state index in [1.54, 1.807) is 25.1 Å². The molecule has 34 heteroatoms. The van der Waals surface area contributed by atoms with E-state index in [1.165, 1.54) is 60.7 Å². The van der Waals surface area contributed by atoms with Crippen molar-refractivity contribution in [3.63, 3.8) is 0 Å². The summed E-state index contributed by atoms with van der Waals surface area (Å²) in [4.78, 5) is 16.4. The number of nitrogens with zero attached hydrogens (tertiary/aromatic N) is 7. The maximum atomic E-state index is 13.8. The third kappa shape index (κ3) is 15.7. The van der Waals surface area contributed by atoms with Crippen LogP contribution in [0.15, 0.2) is 131 Å². The van der Waals surface area contributed by atoms with E-state index in [2.05, 4.69) is 44.0 Å². The first kappa shape index (κ1) is 63.1. The Morgan fingerprint density at radius 2 is 1.40 bits per heavy atom. The first-order valence-electron chi connectivity index (χ1n) is 23.0. The highest BCUT2D eigenvalue weighted by Crippen LogP contribution is 2.46. The third-order valence-electron chi connectivity index (χ3n) is 11.4. The van der Waals surface area contributed by atoms with Crippen LogP contribution in [0.5, 0.6) is 11.5 Å². The van der Waals surface area contributed by atoms with Gasteiger partial charge in [-0.3, -0.25) is 21.7 Å². The number of aromatic hydroxyl groups is 1. The van der Waals surface area contributed by atoms with E-state index in [0.717, 1.165) is 51.3 Å². The number of aromatic nitrogens is 1. The van der Waals surface area contributed by atoms with Gasteiger partial charge in [-0.05, 0) is 91.6 Å². The van der Waals surface area contributed by atoms with Gasteiger partial charge in [-0.25, -0.2) is 9.78 Å². The van der Waals surface area contributed by atoms with Gasteiger partial charge in [0.1, 0.15) is 39.2 Å². The molecule has 0 radical (unpaired) electrons. The van der Waals surface area contributed by atoms with Crippen molar-refractivity contribution in [2.24, 2.45) is 30.7 Å². The highest BCUT2D eigenvalue weighted by Gasteiger charge is 2.35. The van der Waals surface area contributed by atoms with Gasteiger partial charge in [0.15, 0.2) is 11.8 Å². The molecule has 7 rings (SSSR count). The number of thiazole rings is 1. The zero-order valence-electron chi connectivity index (χ0n) is 43.2. The second-order valence-electron chi connectivity index (χ2n) is 16.7. The van der Waals surface area contributed by atoms with E-state index in [4.69, 9.17) is 18.2 Å². The molecule has 0 saturated heterocycles. The van der Waals surface area contributed by atoms with Crippen LogP contribution in [0.2, 0.25) is 0 Å². The van der Waals surface area contributed by atoms with Crippen LogP contribution in [0.4, 0.5) is 27.9 Å². The third-order valence-corrected chi connectivity index (χ3v) is 17.7. The molecule has 0 spiro atoms. The molecule has 5 aromatic carbocycles. The maximum Gasteiger partial charge on any atom is 0.336 e. The molecule has 1 aliphatic carbocycles. The molecule has 0 aliphatic heterocycles. The number of fused-ring (bicyclic) bond motifs is 2. The lowest BCUT2D eigenvalue weighted by atomic mass is 10.0. The molecule has 1 atom stereocenters. The average molecular weight is 1240 g/mol. The minimum atomic E-state index is -4.98. The number of allylic oxidation sites excluding steroid dienone is 2. The molecule has 0 amide bonds. The van der Waals surface area contributed by atoms with Crippen LogP contribution in [0, 0.1) is 6.92 Å². The van der Waals surface area contributed by atoms with Crippen LogP contribution in [0.3, 0.4) is 0 Å². The van der Waals surface area contributed by atoms with Crippen LogP contribution in [-0.2, 0) is 85.0 Å². The standard InChI is InChI=1S/C45H43N7O18S5.C2H6O3S/c1-24-17-36(37(70-15-6-16-73(60,61)67-3)21-35(24)48-52-45-46-33-13-7-25(22-53)18-38(33)71-45)49-50-39-27(23-72(57,58)59)19-31-29(41(39)54)12-14-34(43(31)75(64,65)69-5)47-51-40-32(44(56)66-2)20-30(42(40)55)26-8-10-28(11-9-26)74(62,63)68-4;1-2-6(3,4)5/h7-14,17-21,40,53-55H,6,15-16,22-23H2,1-5H3,(H,57,58,59);2H2,1H3,(H,3,4,5). The summed E-state index contributed by atoms with van der Waals surface area (Å²) in [6.07, 6.45) is 1.15. The molecule has 0 fully saturated rings. The number of benzene rings is 5. The van der Waals surface area contributed by atoms with E-state index in [0.29, 0.717) is 16.6 Å². The molecule has 81 heavy (non-hydrogen) atoms. The fraction of sp³-hybridized carbons (Fsp3) is 0.277. The lowest BCUT2D eigenvalue weighted by molar-refractivity contribution is -0.136. The number of aliphatic hydroxyl groups excluding tert-OH is 2. The van der Waals surface area contributed by atoms with Gasteiger partial charge in [-0.2, -0.15) is 52.3 Å². The number of azo groups is 3. The summed E-state index contributed by atoms with van der Waals surface area (Å²) in [7, 11) is -17.7. The van der Waals surface area contributed by atoms with E-state index in [-0.39, 0.29) is 74.6 Å². The average Bonchev–Trinajstić information content (AvgIpc) is 4.15. The number of aryl methyl sites for hydroxylation is 1. The molecule has 1 unspecified atom stereocenters. The first-order valence-corrected chi connectivity index (χ1v) is 31.4. The highest BCUT2D eigenvalue weighted by molar-refractivity contribution is 7.87. The molecule has 5 N–H and O–H groups in total. The second kappa shape index (κ2) is 25.8. The number of esters is 1. The Labute approximate surface area is 467 Å². The van der Waals surface area contributed by atoms with E-state index in [9.17, 15) is 66.8 Å². The minimum Gasteiger partial charge on any atom is -0.509 e. The number of phenolic OH excluding ortho intramolecular Hbond substituents is 1. The molecule has 1 aliphatic rings. The lowest BCUT2D eigenvalue weighted by Crippen LogP contribution is -2.16. The monoisotopic (exact) mass is 1240 g/mol. The van der Waals surface area contributed by atoms with E-state index >= 15 is 0 Å². The topological polar surface area (TPSA) is 422 Å². The van der Waals surface area contributed by atoms with Gasteiger partial charge < -0.3 is 24.8 Å². The molecule has 0 bridgehead atoms. The van der Waals surface area contributed by atoms with Crippen molar-refractivity contribution in [3.05, 3.63) is 112 Å². The van der Waals surface area contributed by atoms with Gasteiger partial charge in [0, 0.05) is 28.0 Å². The smallest absolute Gasteiger partial charge is 0.336 e. The number of carbonyl (C=O) groups excluding carboxylic acids is 1. The SMILES string of the molecule is CCS(=O)(=O)O.COC(=O)C1=CC(c2ccc(S(=O)(=O)OC)cc2)=C(O)C1N=Nc1ccc2c(O)c(N=Nc3cc(C)c(N=Nc4nc5ccc(CO)cc5s4)cc3OCCCS(=O)(=O)OC)c(CS(=O)(=O)O)cc2c1S(=O)(=O)OC. The van der Waals surface area contributed by atoms with Crippen molar-refractivity contribution < 1.29 is 93.3 Å². The van der Waals surface area contributed by atoms with Crippen LogP contribution < -0.4 is 4.74 Å². The number of aliphatic hydroxyl groups is 2. The van der Waals surface area contributed by atoms with Crippen LogP contribution in [-0.4, -0.2) is 130 Å². The zero-order valence-corrected chi connectivity index (χ0v) is 48.1. The Hall–Kier alpha value is -7.09. The molecule has 0 saturated carbocycles. The van der Waals surface area contributed by atoms with Crippen molar-refractivity contribution in [2.45, 2.75) is 48.5 Å². The minimum absolute atomic E-state index is 0.00201. The Morgan fingerprint density at radius 1 is 0.728 bits per heavy atom. The maximum absolute atomic E-state index is 13.8. The summed E-state index contributed by atoms with van der Waals surface area (Å²) in [6, 6.07) is 14.7. The molecule has 6 aromatic rings. The second-order valence-corrected chi connectivity index (χ2v) is 26.1. The Morgan fingerprint density at radius 3 is 2.00 bits per heavy atom. The fourth-order valence-electron chi connectivity index (χ4n) is 7.32. The molecular weight excluding hydrogens is 1190 g/mol. The number of rotatable bonds is 22. The normalized spacial score (nSPS) is 14.6. The Kier molecular flexibility index (Phi) is 20.1. The summed E-state index contributed by atoms with van der Waals surface area (Å²) < 4.78 is 163. The Balaban J connectivity index is 0.00000167. The van der Waals surface area contributed by atoms with Gasteiger partial charge >= 0.3 is 5.97 Å².